The number of benzene rings is 1. The molecule has 1 aromatic carbocycles. The van der Waals surface area contributed by atoms with Gasteiger partial charge in [-0.2, -0.15) is 0 Å². The van der Waals surface area contributed by atoms with Crippen LogP contribution in [0.25, 0.3) is 5.65 Å². The molecule has 130 valence electrons. The third kappa shape index (κ3) is 3.53. The number of nitrogens with zero attached hydrogens (tertiary/aromatic N) is 2. The predicted molar refractivity (Wildman–Crippen MR) is 96.8 cm³/mol. The molecule has 0 unspecified atom stereocenters. The maximum Gasteiger partial charge on any atom is 0.230 e. The standard InChI is InChI=1S/C18H18ClN3O3/c1-11-5-4-6-22-10-12(20-18(11)22)7-17(23)21-14-9-15(24-2)13(19)8-16(14)25-3/h4-6,8-10H,7H2,1-3H3,(H,21,23). The van der Waals surface area contributed by atoms with Crippen molar-refractivity contribution < 1.29 is 14.3 Å². The number of methoxy groups -OCH3 is 2. The number of halogens is 1. The number of ether oxygens (including phenoxy) is 2. The van der Waals surface area contributed by atoms with E-state index in [1.807, 2.05) is 35.9 Å². The number of carbonyl (C=O) groups is 1. The van der Waals surface area contributed by atoms with Gasteiger partial charge in [-0.1, -0.05) is 17.7 Å². The quantitative estimate of drug-likeness (QED) is 0.757. The van der Waals surface area contributed by atoms with E-state index in [4.69, 9.17) is 21.1 Å². The Labute approximate surface area is 150 Å². The zero-order valence-electron chi connectivity index (χ0n) is 14.2. The third-order valence-electron chi connectivity index (χ3n) is 3.82. The van der Waals surface area contributed by atoms with Crippen LogP contribution in [-0.4, -0.2) is 29.5 Å². The fourth-order valence-electron chi connectivity index (χ4n) is 2.61. The molecular formula is C18H18ClN3O3. The summed E-state index contributed by atoms with van der Waals surface area (Å²) < 4.78 is 12.4. The van der Waals surface area contributed by atoms with E-state index in [2.05, 4.69) is 10.3 Å². The lowest BCUT2D eigenvalue weighted by atomic mass is 10.2. The number of pyridine rings is 1. The molecule has 0 fully saturated rings. The number of fused-ring (bicyclic) bond motifs is 1. The first kappa shape index (κ1) is 17.1. The van der Waals surface area contributed by atoms with Gasteiger partial charge in [0, 0.05) is 24.5 Å². The molecule has 6 nitrogen and oxygen atoms in total. The lowest BCUT2D eigenvalue weighted by molar-refractivity contribution is -0.115. The van der Waals surface area contributed by atoms with E-state index in [9.17, 15) is 4.79 Å². The van der Waals surface area contributed by atoms with Gasteiger partial charge in [-0.15, -0.1) is 0 Å². The third-order valence-corrected chi connectivity index (χ3v) is 4.11. The Bertz CT molecular complexity index is 937. The number of aromatic nitrogens is 2. The van der Waals surface area contributed by atoms with Gasteiger partial charge < -0.3 is 19.2 Å². The Kier molecular flexibility index (Phi) is 4.81. The summed E-state index contributed by atoms with van der Waals surface area (Å²) in [5, 5.41) is 3.23. The van der Waals surface area contributed by atoms with Crippen molar-refractivity contribution in [3.8, 4) is 11.5 Å². The summed E-state index contributed by atoms with van der Waals surface area (Å²) in [6.45, 7) is 1.98. The van der Waals surface area contributed by atoms with E-state index in [1.54, 1.807) is 12.1 Å². The van der Waals surface area contributed by atoms with Crippen molar-refractivity contribution in [2.75, 3.05) is 19.5 Å². The maximum atomic E-state index is 12.4. The fourth-order valence-corrected chi connectivity index (χ4v) is 2.84. The Hall–Kier alpha value is -2.73. The smallest absolute Gasteiger partial charge is 0.230 e. The van der Waals surface area contributed by atoms with Crippen LogP contribution in [0.3, 0.4) is 0 Å². The Morgan fingerprint density at radius 3 is 2.72 bits per heavy atom. The maximum absolute atomic E-state index is 12.4. The molecular weight excluding hydrogens is 342 g/mol. The zero-order chi connectivity index (χ0) is 18.0. The number of hydrogen-bond donors (Lipinski definition) is 1. The fraction of sp³-hybridized carbons (Fsp3) is 0.222. The van der Waals surface area contributed by atoms with Crippen LogP contribution in [-0.2, 0) is 11.2 Å². The minimum Gasteiger partial charge on any atom is -0.495 e. The number of nitrogens with one attached hydrogen (secondary N) is 1. The van der Waals surface area contributed by atoms with Crippen LogP contribution in [0.4, 0.5) is 5.69 Å². The average molecular weight is 360 g/mol. The molecule has 0 aliphatic heterocycles. The number of amides is 1. The van der Waals surface area contributed by atoms with Gasteiger partial charge in [-0.05, 0) is 18.6 Å². The summed E-state index contributed by atoms with van der Waals surface area (Å²) in [4.78, 5) is 16.9. The number of anilines is 1. The minimum absolute atomic E-state index is 0.148. The molecule has 7 heteroatoms. The molecule has 2 aromatic heterocycles. The van der Waals surface area contributed by atoms with Gasteiger partial charge in [-0.25, -0.2) is 4.98 Å². The highest BCUT2D eigenvalue weighted by Crippen LogP contribution is 2.35. The van der Waals surface area contributed by atoms with Crippen molar-refractivity contribution >= 4 is 28.8 Å². The van der Waals surface area contributed by atoms with Gasteiger partial charge >= 0.3 is 0 Å². The number of aryl methyl sites for hydroxylation is 1. The molecule has 25 heavy (non-hydrogen) atoms. The SMILES string of the molecule is COc1cc(NC(=O)Cc2cn3cccc(C)c3n2)c(OC)cc1Cl. The summed E-state index contributed by atoms with van der Waals surface area (Å²) in [5.41, 5.74) is 3.08. The minimum atomic E-state index is -0.205. The summed E-state index contributed by atoms with van der Waals surface area (Å²) in [5.74, 6) is 0.717. The van der Waals surface area contributed by atoms with Crippen molar-refractivity contribution in [1.29, 1.82) is 0 Å². The van der Waals surface area contributed by atoms with Crippen LogP contribution in [0.15, 0.2) is 36.7 Å². The first-order chi connectivity index (χ1) is 12.0. The molecule has 0 radical (unpaired) electrons. The second kappa shape index (κ2) is 7.03. The van der Waals surface area contributed by atoms with Crippen molar-refractivity contribution in [1.82, 2.24) is 9.38 Å². The Balaban J connectivity index is 1.81. The van der Waals surface area contributed by atoms with Gasteiger partial charge in [0.25, 0.3) is 0 Å². The Morgan fingerprint density at radius 2 is 2.04 bits per heavy atom. The van der Waals surface area contributed by atoms with E-state index < -0.39 is 0 Å². The summed E-state index contributed by atoms with van der Waals surface area (Å²) >= 11 is 6.08. The van der Waals surface area contributed by atoms with E-state index in [0.717, 1.165) is 11.2 Å². The first-order valence-electron chi connectivity index (χ1n) is 7.66. The lowest BCUT2D eigenvalue weighted by Gasteiger charge is -2.12. The monoisotopic (exact) mass is 359 g/mol. The molecule has 1 amide bonds. The van der Waals surface area contributed by atoms with E-state index in [-0.39, 0.29) is 12.3 Å². The topological polar surface area (TPSA) is 64.9 Å². The summed E-state index contributed by atoms with van der Waals surface area (Å²) in [6, 6.07) is 7.16. The largest absolute Gasteiger partial charge is 0.495 e. The van der Waals surface area contributed by atoms with Crippen LogP contribution < -0.4 is 14.8 Å². The van der Waals surface area contributed by atoms with Crippen LogP contribution in [0.2, 0.25) is 5.02 Å². The summed E-state index contributed by atoms with van der Waals surface area (Å²) in [6.07, 6.45) is 3.90. The van der Waals surface area contributed by atoms with E-state index in [0.29, 0.717) is 27.9 Å². The average Bonchev–Trinajstić information content (AvgIpc) is 2.99. The van der Waals surface area contributed by atoms with Crippen LogP contribution in [0.5, 0.6) is 11.5 Å². The molecule has 1 N–H and O–H groups in total. The van der Waals surface area contributed by atoms with Crippen molar-refractivity contribution in [2.45, 2.75) is 13.3 Å². The normalized spacial score (nSPS) is 10.7. The molecule has 2 heterocycles. The highest BCUT2D eigenvalue weighted by molar-refractivity contribution is 6.32. The number of carbonyl (C=O) groups excluding carboxylic acids is 1. The molecule has 0 saturated heterocycles. The zero-order valence-corrected chi connectivity index (χ0v) is 14.9. The van der Waals surface area contributed by atoms with Crippen LogP contribution in [0.1, 0.15) is 11.3 Å². The van der Waals surface area contributed by atoms with E-state index in [1.165, 1.54) is 14.2 Å². The number of imidazole rings is 1. The molecule has 0 aliphatic rings. The predicted octanol–water partition coefficient (Wildman–Crippen LogP) is 3.49. The molecule has 3 aromatic rings. The lowest BCUT2D eigenvalue weighted by Crippen LogP contribution is -2.15. The second-order valence-electron chi connectivity index (χ2n) is 5.57. The van der Waals surface area contributed by atoms with Crippen molar-refractivity contribution in [3.63, 3.8) is 0 Å². The van der Waals surface area contributed by atoms with Gasteiger partial charge in [0.1, 0.15) is 17.1 Å². The highest BCUT2D eigenvalue weighted by Gasteiger charge is 2.14. The molecule has 0 saturated carbocycles. The first-order valence-corrected chi connectivity index (χ1v) is 8.04. The second-order valence-corrected chi connectivity index (χ2v) is 5.97. The molecule has 0 aliphatic carbocycles. The van der Waals surface area contributed by atoms with Crippen molar-refractivity contribution in [3.05, 3.63) is 52.9 Å². The van der Waals surface area contributed by atoms with Crippen molar-refractivity contribution in [2.24, 2.45) is 0 Å². The van der Waals surface area contributed by atoms with Gasteiger partial charge in [-0.3, -0.25) is 4.79 Å². The molecule has 3 rings (SSSR count). The Morgan fingerprint density at radius 1 is 1.28 bits per heavy atom. The number of hydrogen-bond acceptors (Lipinski definition) is 4. The van der Waals surface area contributed by atoms with E-state index >= 15 is 0 Å². The number of rotatable bonds is 5. The van der Waals surface area contributed by atoms with Gasteiger partial charge in [0.05, 0.1) is 37.0 Å². The molecule has 0 bridgehead atoms. The van der Waals surface area contributed by atoms with Gasteiger partial charge in [0.2, 0.25) is 5.91 Å². The van der Waals surface area contributed by atoms with Crippen LogP contribution in [0, 0.1) is 6.92 Å². The van der Waals surface area contributed by atoms with Crippen LogP contribution >= 0.6 is 11.6 Å². The highest BCUT2D eigenvalue weighted by atomic mass is 35.5. The van der Waals surface area contributed by atoms with Gasteiger partial charge in [0.15, 0.2) is 0 Å². The molecule has 0 spiro atoms. The molecule has 0 atom stereocenters. The summed E-state index contributed by atoms with van der Waals surface area (Å²) in [7, 11) is 3.02.